The Morgan fingerprint density at radius 3 is 2.62 bits per heavy atom. The van der Waals surface area contributed by atoms with Crippen LogP contribution in [0.25, 0.3) is 0 Å². The molecule has 0 atom stereocenters. The van der Waals surface area contributed by atoms with E-state index in [0.29, 0.717) is 6.54 Å². The monoisotopic (exact) mass is 304 g/mol. The number of rotatable bonds is 3. The molecule has 13 heavy (non-hydrogen) atoms. The van der Waals surface area contributed by atoms with E-state index >= 15 is 0 Å². The summed E-state index contributed by atoms with van der Waals surface area (Å²) in [6.45, 7) is 0.322. The van der Waals surface area contributed by atoms with Gasteiger partial charge in [-0.05, 0) is 29.0 Å². The van der Waals surface area contributed by atoms with Crippen LogP contribution < -0.4 is 0 Å². The van der Waals surface area contributed by atoms with Crippen molar-refractivity contribution < 1.29 is 13.2 Å². The molecule has 1 aromatic heterocycles. The minimum atomic E-state index is -4.06. The molecular formula is C7H8F3IN2. The Morgan fingerprint density at radius 1 is 1.46 bits per heavy atom. The van der Waals surface area contributed by atoms with Crippen molar-refractivity contribution in [3.63, 3.8) is 0 Å². The number of alkyl halides is 3. The summed E-state index contributed by atoms with van der Waals surface area (Å²) >= 11 is 2.06. The molecule has 1 heterocycles. The van der Waals surface area contributed by atoms with Crippen LogP contribution in [-0.4, -0.2) is 16.0 Å². The number of hydrogen-bond donors (Lipinski definition) is 0. The number of nitrogens with zero attached hydrogens (tertiary/aromatic N) is 2. The minimum absolute atomic E-state index is 0.0846. The summed E-state index contributed by atoms with van der Waals surface area (Å²) < 4.78 is 37.7. The van der Waals surface area contributed by atoms with Crippen molar-refractivity contribution in [2.24, 2.45) is 0 Å². The maximum atomic E-state index is 11.7. The van der Waals surface area contributed by atoms with E-state index in [1.807, 2.05) is 0 Å². The second-order valence-corrected chi connectivity index (χ2v) is 3.89. The van der Waals surface area contributed by atoms with Gasteiger partial charge in [0.2, 0.25) is 0 Å². The third-order valence-corrected chi connectivity index (χ3v) is 2.01. The molecule has 2 nitrogen and oxygen atoms in total. The van der Waals surface area contributed by atoms with Crippen molar-refractivity contribution in [2.75, 3.05) is 0 Å². The molecule has 6 heteroatoms. The van der Waals surface area contributed by atoms with Crippen LogP contribution in [-0.2, 0) is 6.54 Å². The molecule has 0 unspecified atom stereocenters. The first-order chi connectivity index (χ1) is 5.97. The van der Waals surface area contributed by atoms with E-state index in [0.717, 1.165) is 3.57 Å². The summed E-state index contributed by atoms with van der Waals surface area (Å²) in [5.41, 5.74) is 0. The Kier molecular flexibility index (Phi) is 3.57. The van der Waals surface area contributed by atoms with Crippen LogP contribution >= 0.6 is 22.6 Å². The predicted octanol–water partition coefficient (Wildman–Crippen LogP) is 2.83. The quantitative estimate of drug-likeness (QED) is 0.785. The molecule has 0 fully saturated rings. The lowest BCUT2D eigenvalue weighted by Gasteiger charge is -2.05. The molecule has 0 aliphatic carbocycles. The molecule has 0 radical (unpaired) electrons. The molecular weight excluding hydrogens is 296 g/mol. The highest BCUT2D eigenvalue weighted by molar-refractivity contribution is 14.1. The van der Waals surface area contributed by atoms with Gasteiger partial charge < -0.3 is 0 Å². The second-order valence-electron chi connectivity index (χ2n) is 2.64. The van der Waals surface area contributed by atoms with E-state index in [1.165, 1.54) is 4.68 Å². The zero-order valence-corrected chi connectivity index (χ0v) is 8.84. The maximum Gasteiger partial charge on any atom is 0.389 e. The summed E-state index contributed by atoms with van der Waals surface area (Å²) in [5.74, 6) is 0. The minimum Gasteiger partial charge on any atom is -0.272 e. The lowest BCUT2D eigenvalue weighted by molar-refractivity contribution is -0.136. The fourth-order valence-corrected chi connectivity index (χ4v) is 1.35. The lowest BCUT2D eigenvalue weighted by Crippen LogP contribution is -2.09. The van der Waals surface area contributed by atoms with Gasteiger partial charge in [-0.15, -0.1) is 0 Å². The first kappa shape index (κ1) is 10.8. The molecule has 0 N–H and O–H groups in total. The fraction of sp³-hybridized carbons (Fsp3) is 0.571. The van der Waals surface area contributed by atoms with Gasteiger partial charge in [-0.1, -0.05) is 0 Å². The normalized spacial score (nSPS) is 12.0. The van der Waals surface area contributed by atoms with E-state index in [1.54, 1.807) is 12.4 Å². The fourth-order valence-electron chi connectivity index (χ4n) is 0.902. The van der Waals surface area contributed by atoms with Crippen molar-refractivity contribution in [3.8, 4) is 0 Å². The summed E-state index contributed by atoms with van der Waals surface area (Å²) in [7, 11) is 0. The van der Waals surface area contributed by atoms with Crippen LogP contribution in [0.4, 0.5) is 13.2 Å². The zero-order valence-electron chi connectivity index (χ0n) is 6.68. The summed E-state index contributed by atoms with van der Waals surface area (Å²) in [5, 5.41) is 3.88. The van der Waals surface area contributed by atoms with E-state index < -0.39 is 12.6 Å². The number of halogens is 4. The van der Waals surface area contributed by atoms with Gasteiger partial charge in [-0.3, -0.25) is 4.68 Å². The third-order valence-electron chi connectivity index (χ3n) is 1.45. The number of aromatic nitrogens is 2. The van der Waals surface area contributed by atoms with Crippen molar-refractivity contribution >= 4 is 22.6 Å². The third kappa shape index (κ3) is 4.49. The van der Waals surface area contributed by atoms with Gasteiger partial charge in [0, 0.05) is 19.2 Å². The van der Waals surface area contributed by atoms with Gasteiger partial charge in [0.15, 0.2) is 0 Å². The Labute approximate surface area is 87.3 Å². The molecule has 0 saturated carbocycles. The molecule has 0 aliphatic heterocycles. The molecule has 0 aliphatic rings. The molecule has 0 spiro atoms. The number of hydrogen-bond acceptors (Lipinski definition) is 1. The maximum absolute atomic E-state index is 11.7. The molecule has 74 valence electrons. The molecule has 0 bridgehead atoms. The first-order valence-corrected chi connectivity index (χ1v) is 4.80. The highest BCUT2D eigenvalue weighted by Crippen LogP contribution is 2.21. The Bertz CT molecular complexity index is 269. The van der Waals surface area contributed by atoms with Crippen molar-refractivity contribution in [3.05, 3.63) is 16.0 Å². The average Bonchev–Trinajstić information content (AvgIpc) is 2.33. The Morgan fingerprint density at radius 2 is 2.15 bits per heavy atom. The van der Waals surface area contributed by atoms with Gasteiger partial charge in [0.25, 0.3) is 0 Å². The van der Waals surface area contributed by atoms with Gasteiger partial charge in [-0.25, -0.2) is 0 Å². The van der Waals surface area contributed by atoms with Crippen LogP contribution in [0.5, 0.6) is 0 Å². The van der Waals surface area contributed by atoms with E-state index in [4.69, 9.17) is 0 Å². The summed E-state index contributed by atoms with van der Waals surface area (Å²) in [6.07, 6.45) is -1.38. The van der Waals surface area contributed by atoms with Crippen LogP contribution in [0.2, 0.25) is 0 Å². The van der Waals surface area contributed by atoms with Crippen LogP contribution in [0.15, 0.2) is 12.4 Å². The van der Waals surface area contributed by atoms with Gasteiger partial charge in [0.05, 0.1) is 9.77 Å². The lowest BCUT2D eigenvalue weighted by atomic mass is 10.3. The molecule has 1 rings (SSSR count). The topological polar surface area (TPSA) is 17.8 Å². The van der Waals surface area contributed by atoms with E-state index in [2.05, 4.69) is 27.7 Å². The van der Waals surface area contributed by atoms with Crippen molar-refractivity contribution in [2.45, 2.75) is 25.6 Å². The molecule has 1 aromatic rings. The second kappa shape index (κ2) is 4.30. The Balaban J connectivity index is 2.28. The van der Waals surface area contributed by atoms with E-state index in [9.17, 15) is 13.2 Å². The largest absolute Gasteiger partial charge is 0.389 e. The first-order valence-electron chi connectivity index (χ1n) is 3.72. The molecule has 0 amide bonds. The van der Waals surface area contributed by atoms with Gasteiger partial charge in [-0.2, -0.15) is 18.3 Å². The summed E-state index contributed by atoms with van der Waals surface area (Å²) in [6, 6.07) is 0. The molecule has 0 saturated heterocycles. The summed E-state index contributed by atoms with van der Waals surface area (Å²) in [4.78, 5) is 0. The Hall–Kier alpha value is -0.270. The zero-order chi connectivity index (χ0) is 9.90. The highest BCUT2D eigenvalue weighted by Gasteiger charge is 2.25. The smallest absolute Gasteiger partial charge is 0.272 e. The number of aryl methyl sites for hydroxylation is 1. The van der Waals surface area contributed by atoms with Crippen LogP contribution in [0.1, 0.15) is 12.8 Å². The van der Waals surface area contributed by atoms with Gasteiger partial charge in [0.1, 0.15) is 0 Å². The SMILES string of the molecule is FC(F)(F)CCCn1cc(I)cn1. The predicted molar refractivity (Wildman–Crippen MR) is 50.2 cm³/mol. The average molecular weight is 304 g/mol. The van der Waals surface area contributed by atoms with E-state index in [-0.39, 0.29) is 6.42 Å². The van der Waals surface area contributed by atoms with Crippen molar-refractivity contribution in [1.82, 2.24) is 9.78 Å². The van der Waals surface area contributed by atoms with Crippen molar-refractivity contribution in [1.29, 1.82) is 0 Å². The highest BCUT2D eigenvalue weighted by atomic mass is 127. The van der Waals surface area contributed by atoms with Crippen LogP contribution in [0.3, 0.4) is 0 Å². The molecule has 0 aromatic carbocycles. The standard InChI is InChI=1S/C7H8F3IN2/c8-7(9,10)2-1-3-13-5-6(11)4-12-13/h4-5H,1-3H2. The van der Waals surface area contributed by atoms with Crippen LogP contribution in [0, 0.1) is 3.57 Å². The van der Waals surface area contributed by atoms with Gasteiger partial charge >= 0.3 is 6.18 Å².